The fourth-order valence-corrected chi connectivity index (χ4v) is 3.17. The van der Waals surface area contributed by atoms with Crippen LogP contribution in [0.3, 0.4) is 0 Å². The maximum absolute atomic E-state index is 4.82. The summed E-state index contributed by atoms with van der Waals surface area (Å²) in [5.74, 6) is 1.20. The van der Waals surface area contributed by atoms with E-state index in [1.807, 2.05) is 12.1 Å². The van der Waals surface area contributed by atoms with Gasteiger partial charge in [-0.2, -0.15) is 5.21 Å². The van der Waals surface area contributed by atoms with E-state index in [-0.39, 0.29) is 0 Å². The van der Waals surface area contributed by atoms with E-state index < -0.39 is 0 Å². The highest BCUT2D eigenvalue weighted by Crippen LogP contribution is 2.30. The van der Waals surface area contributed by atoms with Crippen LogP contribution < -0.4 is 4.90 Å². The zero-order valence-corrected chi connectivity index (χ0v) is 11.9. The van der Waals surface area contributed by atoms with Crippen molar-refractivity contribution in [2.75, 3.05) is 18.0 Å². The number of H-pyrrole nitrogens is 1. The van der Waals surface area contributed by atoms with Crippen LogP contribution in [0.4, 0.5) is 5.95 Å². The van der Waals surface area contributed by atoms with E-state index in [2.05, 4.69) is 49.1 Å². The molecule has 4 rings (SSSR count). The third kappa shape index (κ3) is 2.05. The molecule has 0 spiro atoms. The topological polar surface area (TPSA) is 75.0 Å². The van der Waals surface area contributed by atoms with Gasteiger partial charge >= 0.3 is 0 Å². The number of tetrazole rings is 1. The summed E-state index contributed by atoms with van der Waals surface area (Å²) in [5, 5.41) is 14.2. The van der Waals surface area contributed by atoms with Crippen LogP contribution in [0.1, 0.15) is 30.1 Å². The number of pyridine rings is 1. The number of anilines is 1. The van der Waals surface area contributed by atoms with Crippen molar-refractivity contribution < 1.29 is 0 Å². The van der Waals surface area contributed by atoms with Gasteiger partial charge in [0.05, 0.1) is 5.69 Å². The van der Waals surface area contributed by atoms with Crippen molar-refractivity contribution >= 4 is 11.6 Å². The van der Waals surface area contributed by atoms with Gasteiger partial charge in [0.15, 0.2) is 0 Å². The summed E-state index contributed by atoms with van der Waals surface area (Å²) < 4.78 is 2.17. The molecule has 4 heterocycles. The lowest BCUT2D eigenvalue weighted by Gasteiger charge is -2.30. The van der Waals surface area contributed by atoms with Gasteiger partial charge in [0.1, 0.15) is 5.65 Å². The number of aromatic amines is 1. The standard InChI is InChI=1S/C14H17N7/c1-10-13(15-12-4-2-3-7-21(10)12)11-5-8-20(9-6-11)14-16-18-19-17-14/h2-4,7,11H,5-6,8-9H2,1H3,(H,16,17,18,19). The molecule has 0 radical (unpaired) electrons. The first-order valence-corrected chi connectivity index (χ1v) is 7.25. The van der Waals surface area contributed by atoms with E-state index in [0.29, 0.717) is 11.9 Å². The van der Waals surface area contributed by atoms with Gasteiger partial charge in [0, 0.05) is 30.9 Å². The summed E-state index contributed by atoms with van der Waals surface area (Å²) in [6.45, 7) is 4.04. The molecule has 0 aliphatic carbocycles. The second-order valence-electron chi connectivity index (χ2n) is 5.48. The first-order valence-electron chi connectivity index (χ1n) is 7.25. The highest BCUT2D eigenvalue weighted by atomic mass is 15.5. The van der Waals surface area contributed by atoms with E-state index in [1.165, 1.54) is 11.4 Å². The van der Waals surface area contributed by atoms with Crippen molar-refractivity contribution in [3.8, 4) is 0 Å². The largest absolute Gasteiger partial charge is 0.338 e. The van der Waals surface area contributed by atoms with Gasteiger partial charge in [-0.15, -0.1) is 5.10 Å². The molecule has 0 unspecified atom stereocenters. The highest BCUT2D eigenvalue weighted by molar-refractivity contribution is 5.44. The molecule has 0 atom stereocenters. The number of fused-ring (bicyclic) bond motifs is 1. The van der Waals surface area contributed by atoms with E-state index >= 15 is 0 Å². The molecule has 1 aliphatic rings. The number of imidazole rings is 1. The second-order valence-corrected chi connectivity index (χ2v) is 5.48. The normalized spacial score (nSPS) is 16.7. The predicted octanol–water partition coefficient (Wildman–Crippen LogP) is 1.54. The number of aryl methyl sites for hydroxylation is 1. The molecule has 0 bridgehead atoms. The van der Waals surface area contributed by atoms with Crippen molar-refractivity contribution in [3.05, 3.63) is 35.8 Å². The van der Waals surface area contributed by atoms with Gasteiger partial charge in [-0.25, -0.2) is 4.98 Å². The molecule has 0 saturated carbocycles. The van der Waals surface area contributed by atoms with Gasteiger partial charge in [-0.05, 0) is 37.1 Å². The van der Waals surface area contributed by atoms with Crippen molar-refractivity contribution in [3.63, 3.8) is 0 Å². The minimum Gasteiger partial charge on any atom is -0.338 e. The van der Waals surface area contributed by atoms with E-state index in [1.54, 1.807) is 0 Å². The number of nitrogens with zero attached hydrogens (tertiary/aromatic N) is 6. The summed E-state index contributed by atoms with van der Waals surface area (Å²) in [7, 11) is 0. The highest BCUT2D eigenvalue weighted by Gasteiger charge is 2.26. The monoisotopic (exact) mass is 283 g/mol. The van der Waals surface area contributed by atoms with Gasteiger partial charge in [-0.1, -0.05) is 11.2 Å². The Hall–Kier alpha value is -2.44. The van der Waals surface area contributed by atoms with Gasteiger partial charge in [0.25, 0.3) is 5.95 Å². The number of rotatable bonds is 2. The van der Waals surface area contributed by atoms with Crippen LogP contribution in [0.2, 0.25) is 0 Å². The Morgan fingerprint density at radius 3 is 2.81 bits per heavy atom. The first-order chi connectivity index (χ1) is 10.3. The van der Waals surface area contributed by atoms with E-state index in [9.17, 15) is 0 Å². The molecule has 1 aliphatic heterocycles. The predicted molar refractivity (Wildman–Crippen MR) is 78.3 cm³/mol. The fraction of sp³-hybridized carbons (Fsp3) is 0.429. The lowest BCUT2D eigenvalue weighted by molar-refractivity contribution is 0.490. The van der Waals surface area contributed by atoms with Crippen LogP contribution >= 0.6 is 0 Å². The third-order valence-corrected chi connectivity index (χ3v) is 4.30. The van der Waals surface area contributed by atoms with Crippen LogP contribution in [0.5, 0.6) is 0 Å². The first kappa shape index (κ1) is 12.3. The maximum Gasteiger partial charge on any atom is 0.265 e. The van der Waals surface area contributed by atoms with Crippen LogP contribution in [0.25, 0.3) is 5.65 Å². The minimum absolute atomic E-state index is 0.507. The van der Waals surface area contributed by atoms with Crippen LogP contribution in [0.15, 0.2) is 24.4 Å². The molecule has 3 aromatic rings. The average molecular weight is 283 g/mol. The van der Waals surface area contributed by atoms with Gasteiger partial charge in [-0.3, -0.25) is 0 Å². The summed E-state index contributed by atoms with van der Waals surface area (Å²) >= 11 is 0. The molecule has 21 heavy (non-hydrogen) atoms. The molecule has 3 aromatic heterocycles. The third-order valence-electron chi connectivity index (χ3n) is 4.30. The van der Waals surface area contributed by atoms with E-state index in [4.69, 9.17) is 4.98 Å². The Morgan fingerprint density at radius 2 is 2.10 bits per heavy atom. The molecule has 7 nitrogen and oxygen atoms in total. The van der Waals surface area contributed by atoms with Crippen molar-refractivity contribution in [2.45, 2.75) is 25.7 Å². The molecule has 0 aromatic carbocycles. The number of hydrogen-bond acceptors (Lipinski definition) is 5. The Kier molecular flexibility index (Phi) is 2.83. The molecular formula is C14H17N7. The fourth-order valence-electron chi connectivity index (χ4n) is 3.17. The van der Waals surface area contributed by atoms with Crippen LogP contribution in [0, 0.1) is 6.92 Å². The molecule has 1 N–H and O–H groups in total. The van der Waals surface area contributed by atoms with Gasteiger partial charge in [0.2, 0.25) is 0 Å². The van der Waals surface area contributed by atoms with E-state index in [0.717, 1.165) is 31.6 Å². The zero-order chi connectivity index (χ0) is 14.2. The molecule has 108 valence electrons. The lowest BCUT2D eigenvalue weighted by Crippen LogP contribution is -2.34. The Morgan fingerprint density at radius 1 is 1.24 bits per heavy atom. The van der Waals surface area contributed by atoms with Crippen LogP contribution in [-0.2, 0) is 0 Å². The molecule has 7 heteroatoms. The molecule has 1 saturated heterocycles. The average Bonchev–Trinajstić information content (AvgIpc) is 3.17. The Bertz CT molecular complexity index is 738. The van der Waals surface area contributed by atoms with Gasteiger partial charge < -0.3 is 9.30 Å². The zero-order valence-electron chi connectivity index (χ0n) is 11.9. The number of nitrogens with one attached hydrogen (secondary N) is 1. The summed E-state index contributed by atoms with van der Waals surface area (Å²) in [6.07, 6.45) is 4.22. The summed E-state index contributed by atoms with van der Waals surface area (Å²) in [6, 6.07) is 6.14. The lowest BCUT2D eigenvalue weighted by atomic mass is 9.92. The number of aromatic nitrogens is 6. The van der Waals surface area contributed by atoms with Crippen LogP contribution in [-0.4, -0.2) is 43.1 Å². The number of piperidine rings is 1. The molecule has 0 amide bonds. The minimum atomic E-state index is 0.507. The Labute approximate surface area is 122 Å². The molecular weight excluding hydrogens is 266 g/mol. The smallest absolute Gasteiger partial charge is 0.265 e. The maximum atomic E-state index is 4.82. The molecule has 1 fully saturated rings. The quantitative estimate of drug-likeness (QED) is 0.772. The number of hydrogen-bond donors (Lipinski definition) is 1. The van der Waals surface area contributed by atoms with Crippen molar-refractivity contribution in [2.24, 2.45) is 0 Å². The van der Waals surface area contributed by atoms with Crippen molar-refractivity contribution in [1.82, 2.24) is 30.0 Å². The summed E-state index contributed by atoms with van der Waals surface area (Å²) in [5.41, 5.74) is 3.52. The summed E-state index contributed by atoms with van der Waals surface area (Å²) in [4.78, 5) is 6.99. The van der Waals surface area contributed by atoms with Crippen molar-refractivity contribution in [1.29, 1.82) is 0 Å². The second kappa shape index (κ2) is 4.83. The Balaban J connectivity index is 1.56. The SMILES string of the molecule is Cc1c(C2CCN(c3nn[nH]n3)CC2)nc2ccccn12.